The van der Waals surface area contributed by atoms with Crippen molar-refractivity contribution < 1.29 is 9.90 Å². The number of amides is 2. The second kappa shape index (κ2) is 7.66. The minimum absolute atomic E-state index is 0.0468. The molecule has 1 aromatic carbocycles. The zero-order valence-electron chi connectivity index (χ0n) is 14.3. The molecule has 0 bridgehead atoms. The summed E-state index contributed by atoms with van der Waals surface area (Å²) in [7, 11) is 2.12. The molecule has 1 aliphatic heterocycles. The molecular formula is C17H28N4O2. The fourth-order valence-electron chi connectivity index (χ4n) is 2.71. The SMILES string of the molecule is CN1CCN(c2ccccc2NC(=O)NC(C)(C)CCO)CC1. The van der Waals surface area contributed by atoms with Gasteiger partial charge in [0.15, 0.2) is 0 Å². The van der Waals surface area contributed by atoms with E-state index in [-0.39, 0.29) is 12.6 Å². The van der Waals surface area contributed by atoms with Crippen molar-refractivity contribution in [1.29, 1.82) is 0 Å². The lowest BCUT2D eigenvalue weighted by molar-refractivity contribution is 0.218. The third-order valence-corrected chi connectivity index (χ3v) is 4.18. The summed E-state index contributed by atoms with van der Waals surface area (Å²) in [6, 6.07) is 7.64. The van der Waals surface area contributed by atoms with Gasteiger partial charge in [0.25, 0.3) is 0 Å². The van der Waals surface area contributed by atoms with Crippen molar-refractivity contribution in [3.63, 3.8) is 0 Å². The number of aliphatic hydroxyl groups is 1. The summed E-state index contributed by atoms with van der Waals surface area (Å²) in [5.41, 5.74) is 1.42. The maximum absolute atomic E-state index is 12.3. The first-order valence-corrected chi connectivity index (χ1v) is 8.14. The van der Waals surface area contributed by atoms with E-state index in [0.717, 1.165) is 37.6 Å². The van der Waals surface area contributed by atoms with Gasteiger partial charge in [-0.15, -0.1) is 0 Å². The van der Waals surface area contributed by atoms with Crippen LogP contribution in [0.5, 0.6) is 0 Å². The number of anilines is 2. The van der Waals surface area contributed by atoms with E-state index in [9.17, 15) is 4.79 Å². The molecular weight excluding hydrogens is 292 g/mol. The third-order valence-electron chi connectivity index (χ3n) is 4.18. The van der Waals surface area contributed by atoms with Crippen molar-refractivity contribution in [3.8, 4) is 0 Å². The van der Waals surface area contributed by atoms with E-state index in [1.807, 2.05) is 38.1 Å². The molecule has 2 rings (SSSR count). The standard InChI is InChI=1S/C17H28N4O2/c1-17(2,8-13-22)19-16(23)18-14-6-4-5-7-15(14)21-11-9-20(3)10-12-21/h4-7,22H,8-13H2,1-3H3,(H2,18,19,23). The Morgan fingerprint density at radius 2 is 1.87 bits per heavy atom. The second-order valence-corrected chi connectivity index (χ2v) is 6.74. The highest BCUT2D eigenvalue weighted by Crippen LogP contribution is 2.26. The van der Waals surface area contributed by atoms with E-state index in [1.54, 1.807) is 0 Å². The van der Waals surface area contributed by atoms with E-state index in [1.165, 1.54) is 0 Å². The number of nitrogens with zero attached hydrogens (tertiary/aromatic N) is 2. The van der Waals surface area contributed by atoms with Crippen LogP contribution in [0.15, 0.2) is 24.3 Å². The van der Waals surface area contributed by atoms with Crippen molar-refractivity contribution in [1.82, 2.24) is 10.2 Å². The number of hydrogen-bond acceptors (Lipinski definition) is 4. The molecule has 1 fully saturated rings. The van der Waals surface area contributed by atoms with E-state index >= 15 is 0 Å². The maximum atomic E-state index is 12.3. The minimum atomic E-state index is -0.443. The molecule has 0 aromatic heterocycles. The summed E-state index contributed by atoms with van der Waals surface area (Å²) in [4.78, 5) is 16.9. The van der Waals surface area contributed by atoms with E-state index < -0.39 is 5.54 Å². The van der Waals surface area contributed by atoms with Crippen molar-refractivity contribution in [2.45, 2.75) is 25.8 Å². The highest BCUT2D eigenvalue weighted by atomic mass is 16.3. The highest BCUT2D eigenvalue weighted by Gasteiger charge is 2.21. The fraction of sp³-hybridized carbons (Fsp3) is 0.588. The Balaban J connectivity index is 2.04. The van der Waals surface area contributed by atoms with Gasteiger partial charge in [-0.2, -0.15) is 0 Å². The van der Waals surface area contributed by atoms with Crippen molar-refractivity contribution in [2.75, 3.05) is 50.1 Å². The van der Waals surface area contributed by atoms with Gasteiger partial charge in [-0.1, -0.05) is 12.1 Å². The van der Waals surface area contributed by atoms with Crippen LogP contribution < -0.4 is 15.5 Å². The number of aliphatic hydroxyl groups excluding tert-OH is 1. The normalized spacial score (nSPS) is 16.3. The van der Waals surface area contributed by atoms with Crippen molar-refractivity contribution in [2.24, 2.45) is 0 Å². The number of nitrogens with one attached hydrogen (secondary N) is 2. The van der Waals surface area contributed by atoms with E-state index in [2.05, 4.69) is 27.5 Å². The topological polar surface area (TPSA) is 67.8 Å². The van der Waals surface area contributed by atoms with Gasteiger partial charge in [0.2, 0.25) is 0 Å². The summed E-state index contributed by atoms with van der Waals surface area (Å²) < 4.78 is 0. The maximum Gasteiger partial charge on any atom is 0.319 e. The lowest BCUT2D eigenvalue weighted by atomic mass is 10.0. The number of carbonyl (C=O) groups excluding carboxylic acids is 1. The van der Waals surface area contributed by atoms with Crippen LogP contribution in [-0.4, -0.2) is 61.4 Å². The average Bonchev–Trinajstić information content (AvgIpc) is 2.48. The Hall–Kier alpha value is -1.79. The molecule has 1 saturated heterocycles. The lowest BCUT2D eigenvalue weighted by Gasteiger charge is -2.35. The summed E-state index contributed by atoms with van der Waals surface area (Å²) in [5.74, 6) is 0. The van der Waals surface area contributed by atoms with Crippen LogP contribution in [0.4, 0.5) is 16.2 Å². The summed E-state index contributed by atoms with van der Waals surface area (Å²) in [5, 5.41) is 14.9. The van der Waals surface area contributed by atoms with Gasteiger partial charge in [-0.05, 0) is 39.4 Å². The van der Waals surface area contributed by atoms with Gasteiger partial charge in [0.1, 0.15) is 0 Å². The van der Waals surface area contributed by atoms with E-state index in [4.69, 9.17) is 5.11 Å². The van der Waals surface area contributed by atoms with Gasteiger partial charge < -0.3 is 25.5 Å². The summed E-state index contributed by atoms with van der Waals surface area (Å²) in [6.45, 7) is 7.78. The Kier molecular flexibility index (Phi) is 5.85. The molecule has 1 aliphatic rings. The molecule has 0 spiro atoms. The second-order valence-electron chi connectivity index (χ2n) is 6.74. The molecule has 0 unspecified atom stereocenters. The average molecular weight is 320 g/mol. The van der Waals surface area contributed by atoms with Crippen LogP contribution in [0.2, 0.25) is 0 Å². The zero-order chi connectivity index (χ0) is 16.9. The predicted octanol–water partition coefficient (Wildman–Crippen LogP) is 1.72. The Morgan fingerprint density at radius 3 is 2.52 bits per heavy atom. The molecule has 6 nitrogen and oxygen atoms in total. The molecule has 3 N–H and O–H groups in total. The predicted molar refractivity (Wildman–Crippen MR) is 94.1 cm³/mol. The van der Waals surface area contributed by atoms with Crippen LogP contribution in [0.3, 0.4) is 0 Å². The summed E-state index contributed by atoms with van der Waals surface area (Å²) in [6.07, 6.45) is 0.514. The van der Waals surface area contributed by atoms with Crippen LogP contribution in [-0.2, 0) is 0 Å². The number of benzene rings is 1. The fourth-order valence-corrected chi connectivity index (χ4v) is 2.71. The first-order valence-electron chi connectivity index (χ1n) is 8.14. The number of urea groups is 1. The third kappa shape index (κ3) is 5.11. The number of carbonyl (C=O) groups is 1. The van der Waals surface area contributed by atoms with Gasteiger partial charge >= 0.3 is 6.03 Å². The molecule has 0 atom stereocenters. The van der Waals surface area contributed by atoms with Crippen molar-refractivity contribution >= 4 is 17.4 Å². The van der Waals surface area contributed by atoms with Crippen LogP contribution in [0, 0.1) is 0 Å². The Labute approximate surface area is 138 Å². The molecule has 6 heteroatoms. The van der Waals surface area contributed by atoms with Crippen LogP contribution in [0.25, 0.3) is 0 Å². The van der Waals surface area contributed by atoms with Crippen LogP contribution >= 0.6 is 0 Å². The number of hydrogen-bond donors (Lipinski definition) is 3. The minimum Gasteiger partial charge on any atom is -0.396 e. The molecule has 23 heavy (non-hydrogen) atoms. The molecule has 0 radical (unpaired) electrons. The number of rotatable bonds is 5. The first-order chi connectivity index (χ1) is 10.9. The zero-order valence-corrected chi connectivity index (χ0v) is 14.3. The smallest absolute Gasteiger partial charge is 0.319 e. The monoisotopic (exact) mass is 320 g/mol. The molecule has 0 saturated carbocycles. The Morgan fingerprint density at radius 1 is 1.22 bits per heavy atom. The Bertz CT molecular complexity index is 525. The van der Waals surface area contributed by atoms with Gasteiger partial charge in [0, 0.05) is 38.3 Å². The first kappa shape index (κ1) is 17.6. The quantitative estimate of drug-likeness (QED) is 0.773. The van der Waals surface area contributed by atoms with Crippen molar-refractivity contribution in [3.05, 3.63) is 24.3 Å². The highest BCUT2D eigenvalue weighted by molar-refractivity contribution is 5.93. The lowest BCUT2D eigenvalue weighted by Crippen LogP contribution is -2.47. The van der Waals surface area contributed by atoms with E-state index in [0.29, 0.717) is 6.42 Å². The molecule has 2 amide bonds. The molecule has 1 aromatic rings. The summed E-state index contributed by atoms with van der Waals surface area (Å²) >= 11 is 0. The molecule has 0 aliphatic carbocycles. The van der Waals surface area contributed by atoms with Gasteiger partial charge in [0.05, 0.1) is 11.4 Å². The number of piperazine rings is 1. The number of para-hydroxylation sites is 2. The van der Waals surface area contributed by atoms with Gasteiger partial charge in [-0.3, -0.25) is 0 Å². The molecule has 128 valence electrons. The number of likely N-dealkylation sites (N-methyl/N-ethyl adjacent to an activating group) is 1. The van der Waals surface area contributed by atoms with Crippen LogP contribution in [0.1, 0.15) is 20.3 Å². The van der Waals surface area contributed by atoms with Gasteiger partial charge in [-0.25, -0.2) is 4.79 Å². The largest absolute Gasteiger partial charge is 0.396 e. The molecule has 1 heterocycles.